The minimum atomic E-state index is -0.607. The molecular weight excluding hydrogens is 345 g/mol. The third kappa shape index (κ3) is 3.43. The number of aldehydes is 1. The molecular formula is C14H9BrFNO4. The molecule has 21 heavy (non-hydrogen) atoms. The Morgan fingerprint density at radius 3 is 2.76 bits per heavy atom. The number of benzene rings is 2. The third-order valence-electron chi connectivity index (χ3n) is 2.73. The number of hydrogen-bond acceptors (Lipinski definition) is 4. The van der Waals surface area contributed by atoms with Gasteiger partial charge in [0.15, 0.2) is 5.75 Å². The smallest absolute Gasteiger partial charge is 0.310 e. The van der Waals surface area contributed by atoms with E-state index in [0.29, 0.717) is 11.8 Å². The van der Waals surface area contributed by atoms with Crippen LogP contribution in [0.3, 0.4) is 0 Å². The third-order valence-corrected chi connectivity index (χ3v) is 3.62. The number of hydrogen-bond donors (Lipinski definition) is 0. The van der Waals surface area contributed by atoms with Crippen LogP contribution >= 0.6 is 15.9 Å². The molecule has 0 aliphatic carbocycles. The summed E-state index contributed by atoms with van der Waals surface area (Å²) in [4.78, 5) is 21.0. The molecule has 2 aromatic carbocycles. The zero-order chi connectivity index (χ0) is 15.4. The van der Waals surface area contributed by atoms with Gasteiger partial charge < -0.3 is 4.74 Å². The minimum absolute atomic E-state index is 0.0410. The Morgan fingerprint density at radius 2 is 2.10 bits per heavy atom. The van der Waals surface area contributed by atoms with Crippen LogP contribution in [0.25, 0.3) is 0 Å². The molecule has 0 saturated carbocycles. The molecule has 108 valence electrons. The van der Waals surface area contributed by atoms with Gasteiger partial charge in [-0.25, -0.2) is 4.39 Å². The van der Waals surface area contributed by atoms with Gasteiger partial charge in [0.1, 0.15) is 18.7 Å². The predicted octanol–water partition coefficient (Wildman–Crippen LogP) is 3.89. The molecule has 7 heteroatoms. The summed E-state index contributed by atoms with van der Waals surface area (Å²) in [7, 11) is 0. The van der Waals surface area contributed by atoms with E-state index in [2.05, 4.69) is 15.9 Å². The summed E-state index contributed by atoms with van der Waals surface area (Å²) in [5.41, 5.74) is 0.503. The van der Waals surface area contributed by atoms with E-state index in [9.17, 15) is 19.3 Å². The molecule has 0 aliphatic heterocycles. The van der Waals surface area contributed by atoms with Crippen LogP contribution in [-0.2, 0) is 6.61 Å². The fourth-order valence-electron chi connectivity index (χ4n) is 1.69. The summed E-state index contributed by atoms with van der Waals surface area (Å²) in [6.07, 6.45) is 0.564. The number of halogens is 2. The first kappa shape index (κ1) is 15.1. The van der Waals surface area contributed by atoms with E-state index in [1.807, 2.05) is 0 Å². The van der Waals surface area contributed by atoms with Crippen molar-refractivity contribution < 1.29 is 18.8 Å². The van der Waals surface area contributed by atoms with Gasteiger partial charge in [0.2, 0.25) is 0 Å². The number of nitro groups is 1. The molecule has 0 unspecified atom stereocenters. The summed E-state index contributed by atoms with van der Waals surface area (Å²) < 4.78 is 19.0. The van der Waals surface area contributed by atoms with E-state index in [1.165, 1.54) is 30.3 Å². The number of nitro benzene ring substituents is 1. The molecule has 0 aromatic heterocycles. The fraction of sp³-hybridized carbons (Fsp3) is 0.0714. The van der Waals surface area contributed by atoms with Crippen molar-refractivity contribution in [1.29, 1.82) is 0 Å². The van der Waals surface area contributed by atoms with Gasteiger partial charge >= 0.3 is 5.69 Å². The van der Waals surface area contributed by atoms with E-state index in [-0.39, 0.29) is 28.1 Å². The van der Waals surface area contributed by atoms with Crippen molar-refractivity contribution in [2.75, 3.05) is 0 Å². The Kier molecular flexibility index (Phi) is 4.64. The van der Waals surface area contributed by atoms with Crippen molar-refractivity contribution in [3.8, 4) is 5.75 Å². The van der Waals surface area contributed by atoms with E-state index in [4.69, 9.17) is 4.74 Å². The maximum atomic E-state index is 13.4. The number of nitrogens with zero attached hydrogens (tertiary/aromatic N) is 1. The van der Waals surface area contributed by atoms with Crippen LogP contribution in [0.15, 0.2) is 40.9 Å². The molecule has 0 amide bonds. The Labute approximate surface area is 127 Å². The monoisotopic (exact) mass is 353 g/mol. The van der Waals surface area contributed by atoms with Crippen molar-refractivity contribution in [2.24, 2.45) is 0 Å². The van der Waals surface area contributed by atoms with Crippen molar-refractivity contribution in [1.82, 2.24) is 0 Å². The first-order valence-corrected chi connectivity index (χ1v) is 6.61. The normalized spacial score (nSPS) is 10.2. The summed E-state index contributed by atoms with van der Waals surface area (Å²) in [6.45, 7) is -0.0680. The molecule has 0 fully saturated rings. The van der Waals surface area contributed by atoms with Crippen LogP contribution in [-0.4, -0.2) is 11.2 Å². The van der Waals surface area contributed by atoms with E-state index < -0.39 is 10.7 Å². The lowest BCUT2D eigenvalue weighted by Gasteiger charge is -2.09. The summed E-state index contributed by atoms with van der Waals surface area (Å²) in [5, 5.41) is 10.9. The van der Waals surface area contributed by atoms with Crippen molar-refractivity contribution in [2.45, 2.75) is 6.61 Å². The minimum Gasteiger partial charge on any atom is -0.482 e. The predicted molar refractivity (Wildman–Crippen MR) is 76.9 cm³/mol. The van der Waals surface area contributed by atoms with Crippen LogP contribution < -0.4 is 4.74 Å². The van der Waals surface area contributed by atoms with Gasteiger partial charge in [-0.1, -0.05) is 12.1 Å². The molecule has 0 radical (unpaired) electrons. The van der Waals surface area contributed by atoms with E-state index in [1.54, 1.807) is 6.07 Å². The number of ether oxygens (including phenoxy) is 1. The summed E-state index contributed by atoms with van der Waals surface area (Å²) in [5.74, 6) is -0.493. The van der Waals surface area contributed by atoms with Crippen molar-refractivity contribution >= 4 is 27.9 Å². The Balaban J connectivity index is 2.28. The first-order chi connectivity index (χ1) is 10.0. The number of carbonyl (C=O) groups excluding carboxylic acids is 1. The molecule has 0 spiro atoms. The topological polar surface area (TPSA) is 69.4 Å². The standard InChI is InChI=1S/C14H9BrFNO4/c15-14-10(2-1-3-11(14)16)8-21-13-6-9(7-18)4-5-12(13)17(19)20/h1-7H,8H2. The Hall–Kier alpha value is -2.28. The lowest BCUT2D eigenvalue weighted by molar-refractivity contribution is -0.385. The summed E-state index contributed by atoms with van der Waals surface area (Å²) >= 11 is 3.08. The molecule has 0 heterocycles. The van der Waals surface area contributed by atoms with Crippen molar-refractivity contribution in [3.05, 3.63) is 67.9 Å². The second-order valence-corrected chi connectivity index (χ2v) is 4.90. The maximum Gasteiger partial charge on any atom is 0.310 e. The van der Waals surface area contributed by atoms with Crippen LogP contribution in [0.2, 0.25) is 0 Å². The van der Waals surface area contributed by atoms with E-state index >= 15 is 0 Å². The molecule has 0 aliphatic rings. The molecule has 2 rings (SSSR count). The molecule has 0 saturated heterocycles. The van der Waals surface area contributed by atoms with E-state index in [0.717, 1.165) is 0 Å². The van der Waals surface area contributed by atoms with Gasteiger partial charge in [-0.3, -0.25) is 14.9 Å². The average molecular weight is 354 g/mol. The highest BCUT2D eigenvalue weighted by atomic mass is 79.9. The Morgan fingerprint density at radius 1 is 1.33 bits per heavy atom. The summed E-state index contributed by atoms with van der Waals surface area (Å²) in [6, 6.07) is 8.22. The highest BCUT2D eigenvalue weighted by molar-refractivity contribution is 9.10. The highest BCUT2D eigenvalue weighted by Gasteiger charge is 2.16. The van der Waals surface area contributed by atoms with Crippen LogP contribution in [0.1, 0.15) is 15.9 Å². The largest absolute Gasteiger partial charge is 0.482 e. The average Bonchev–Trinajstić information content (AvgIpc) is 2.48. The van der Waals surface area contributed by atoms with Crippen LogP contribution in [0, 0.1) is 15.9 Å². The zero-order valence-corrected chi connectivity index (χ0v) is 12.2. The quantitative estimate of drug-likeness (QED) is 0.464. The van der Waals surface area contributed by atoms with Crippen molar-refractivity contribution in [3.63, 3.8) is 0 Å². The maximum absolute atomic E-state index is 13.4. The van der Waals surface area contributed by atoms with Gasteiger partial charge in [0.25, 0.3) is 0 Å². The highest BCUT2D eigenvalue weighted by Crippen LogP contribution is 2.29. The first-order valence-electron chi connectivity index (χ1n) is 5.82. The second-order valence-electron chi connectivity index (χ2n) is 4.10. The van der Waals surface area contributed by atoms with Gasteiger partial charge in [-0.15, -0.1) is 0 Å². The Bertz CT molecular complexity index is 705. The SMILES string of the molecule is O=Cc1ccc([N+](=O)[O-])c(OCc2cccc(F)c2Br)c1. The molecule has 5 nitrogen and oxygen atoms in total. The molecule has 2 aromatic rings. The zero-order valence-electron chi connectivity index (χ0n) is 10.6. The lowest BCUT2D eigenvalue weighted by Crippen LogP contribution is -2.01. The molecule has 0 bridgehead atoms. The number of carbonyl (C=O) groups is 1. The fourth-order valence-corrected chi connectivity index (χ4v) is 2.06. The van der Waals surface area contributed by atoms with Gasteiger partial charge in [0.05, 0.1) is 9.40 Å². The van der Waals surface area contributed by atoms with Crippen LogP contribution in [0.4, 0.5) is 10.1 Å². The van der Waals surface area contributed by atoms with Gasteiger partial charge in [-0.05, 0) is 34.1 Å². The van der Waals surface area contributed by atoms with Gasteiger partial charge in [0, 0.05) is 17.2 Å². The lowest BCUT2D eigenvalue weighted by atomic mass is 10.2. The van der Waals surface area contributed by atoms with Gasteiger partial charge in [-0.2, -0.15) is 0 Å². The molecule has 0 atom stereocenters. The van der Waals surface area contributed by atoms with Crippen LogP contribution in [0.5, 0.6) is 5.75 Å². The number of rotatable bonds is 5. The second kappa shape index (κ2) is 6.45. The molecule has 0 N–H and O–H groups in total.